The zero-order valence-electron chi connectivity index (χ0n) is 11.5. The minimum Gasteiger partial charge on any atom is -0.350 e. The highest BCUT2D eigenvalue weighted by Gasteiger charge is 2.32. The molecule has 1 aromatic heterocycles. The summed E-state index contributed by atoms with van der Waals surface area (Å²) in [5.41, 5.74) is -1.92. The van der Waals surface area contributed by atoms with Crippen LogP contribution in [0.5, 0.6) is 0 Å². The van der Waals surface area contributed by atoms with Crippen molar-refractivity contribution in [1.82, 2.24) is 20.5 Å². The Morgan fingerprint density at radius 1 is 1.30 bits per heavy atom. The molecule has 1 aromatic carbocycles. The monoisotopic (exact) mass is 344 g/mol. The van der Waals surface area contributed by atoms with Gasteiger partial charge in [-0.2, -0.15) is 18.3 Å². The highest BCUT2D eigenvalue weighted by Crippen LogP contribution is 2.31. The second-order valence-electron chi connectivity index (χ2n) is 4.52. The summed E-state index contributed by atoms with van der Waals surface area (Å²) in [5, 5.41) is 8.10. The first-order valence-corrected chi connectivity index (χ1v) is 6.82. The lowest BCUT2D eigenvalue weighted by atomic mass is 10.0. The molecule has 23 heavy (non-hydrogen) atoms. The van der Waals surface area contributed by atoms with Gasteiger partial charge in [0.15, 0.2) is 4.77 Å². The third kappa shape index (κ3) is 4.25. The van der Waals surface area contributed by atoms with E-state index in [-0.39, 0.29) is 23.3 Å². The average Bonchev–Trinajstić information content (AvgIpc) is 2.46. The smallest absolute Gasteiger partial charge is 0.350 e. The van der Waals surface area contributed by atoms with Gasteiger partial charge in [0.2, 0.25) is 5.69 Å². The highest BCUT2D eigenvalue weighted by molar-refractivity contribution is 7.71. The summed E-state index contributed by atoms with van der Waals surface area (Å²) in [4.78, 5) is 25.5. The third-order valence-electron chi connectivity index (χ3n) is 2.93. The molecule has 0 atom stereocenters. The van der Waals surface area contributed by atoms with E-state index < -0.39 is 28.9 Å². The van der Waals surface area contributed by atoms with Crippen LogP contribution in [-0.2, 0) is 12.6 Å². The van der Waals surface area contributed by atoms with Crippen LogP contribution >= 0.6 is 12.2 Å². The van der Waals surface area contributed by atoms with E-state index in [2.05, 4.69) is 32.7 Å². The molecule has 0 saturated carbocycles. The molecule has 6 nitrogen and oxygen atoms in total. The fourth-order valence-electron chi connectivity index (χ4n) is 1.91. The van der Waals surface area contributed by atoms with Crippen molar-refractivity contribution in [2.24, 2.45) is 0 Å². The Morgan fingerprint density at radius 3 is 2.65 bits per heavy atom. The van der Waals surface area contributed by atoms with Gasteiger partial charge in [0, 0.05) is 6.54 Å². The van der Waals surface area contributed by atoms with Crippen LogP contribution in [0.2, 0.25) is 0 Å². The Hall–Kier alpha value is -2.49. The molecule has 0 aliphatic carbocycles. The van der Waals surface area contributed by atoms with Crippen molar-refractivity contribution >= 4 is 18.1 Å². The number of aromatic nitrogens is 3. The molecule has 0 aliphatic rings. The Kier molecular flexibility index (Phi) is 4.94. The van der Waals surface area contributed by atoms with Crippen molar-refractivity contribution in [2.75, 3.05) is 6.54 Å². The number of amides is 1. The van der Waals surface area contributed by atoms with E-state index in [0.717, 1.165) is 6.07 Å². The summed E-state index contributed by atoms with van der Waals surface area (Å²) in [6, 6.07) is 5.08. The molecule has 3 N–H and O–H groups in total. The Labute approximate surface area is 132 Å². The first-order chi connectivity index (χ1) is 10.8. The highest BCUT2D eigenvalue weighted by atomic mass is 32.1. The Morgan fingerprint density at radius 2 is 2.00 bits per heavy atom. The van der Waals surface area contributed by atoms with E-state index in [1.54, 1.807) is 0 Å². The quantitative estimate of drug-likeness (QED) is 0.738. The molecule has 0 unspecified atom stereocenters. The minimum absolute atomic E-state index is 0.0364. The number of hydrogen-bond acceptors (Lipinski definition) is 4. The average molecular weight is 344 g/mol. The standard InChI is InChI=1S/C13H11F3N4O2S/c14-13(15,16)8-4-2-1-3-7(8)5-6-17-10(21)9-11(22)18-12(23)20-19-9/h1-4H,5-6H2,(H,17,21)(H2,18,20,22,23). The van der Waals surface area contributed by atoms with Gasteiger partial charge in [-0.3, -0.25) is 19.7 Å². The lowest BCUT2D eigenvalue weighted by Crippen LogP contribution is -2.33. The molecular formula is C13H11F3N4O2S. The summed E-state index contributed by atoms with van der Waals surface area (Å²) in [5.74, 6) is -0.804. The van der Waals surface area contributed by atoms with Gasteiger partial charge in [-0.25, -0.2) is 0 Å². The van der Waals surface area contributed by atoms with E-state index in [0.29, 0.717) is 0 Å². The van der Waals surface area contributed by atoms with Gasteiger partial charge in [-0.1, -0.05) is 18.2 Å². The van der Waals surface area contributed by atoms with E-state index in [1.165, 1.54) is 18.2 Å². The van der Waals surface area contributed by atoms with E-state index in [9.17, 15) is 22.8 Å². The summed E-state index contributed by atoms with van der Waals surface area (Å²) in [6.07, 6.45) is -4.50. The molecular weight excluding hydrogens is 333 g/mol. The number of carbonyl (C=O) groups excluding carboxylic acids is 1. The van der Waals surface area contributed by atoms with Gasteiger partial charge in [0.05, 0.1) is 5.56 Å². The molecule has 0 radical (unpaired) electrons. The zero-order valence-corrected chi connectivity index (χ0v) is 12.3. The summed E-state index contributed by atoms with van der Waals surface area (Å²) < 4.78 is 38.5. The van der Waals surface area contributed by atoms with Gasteiger partial charge in [-0.05, 0) is 30.3 Å². The second kappa shape index (κ2) is 6.73. The predicted octanol–water partition coefficient (Wildman–Crippen LogP) is 1.82. The minimum atomic E-state index is -4.46. The molecule has 0 bridgehead atoms. The predicted molar refractivity (Wildman–Crippen MR) is 77.5 cm³/mol. The van der Waals surface area contributed by atoms with Crippen LogP contribution in [0.15, 0.2) is 29.1 Å². The number of alkyl halides is 3. The Balaban J connectivity index is 2.05. The molecule has 10 heteroatoms. The van der Waals surface area contributed by atoms with Crippen LogP contribution in [0.4, 0.5) is 13.2 Å². The molecule has 0 spiro atoms. The van der Waals surface area contributed by atoms with Crippen LogP contribution in [0.25, 0.3) is 0 Å². The fourth-order valence-corrected chi connectivity index (χ4v) is 2.05. The third-order valence-corrected chi connectivity index (χ3v) is 3.12. The molecule has 1 heterocycles. The normalized spacial score (nSPS) is 11.3. The van der Waals surface area contributed by atoms with Crippen LogP contribution < -0.4 is 10.9 Å². The Bertz CT molecular complexity index is 829. The summed E-state index contributed by atoms with van der Waals surface area (Å²) in [7, 11) is 0. The van der Waals surface area contributed by atoms with Crippen LogP contribution in [0.1, 0.15) is 21.6 Å². The molecule has 122 valence electrons. The number of aromatic amines is 2. The summed E-state index contributed by atoms with van der Waals surface area (Å²) >= 11 is 4.63. The first-order valence-electron chi connectivity index (χ1n) is 6.41. The van der Waals surface area contributed by atoms with E-state index in [1.807, 2.05) is 0 Å². The molecule has 1 amide bonds. The van der Waals surface area contributed by atoms with Crippen LogP contribution in [0.3, 0.4) is 0 Å². The van der Waals surface area contributed by atoms with Crippen LogP contribution in [-0.4, -0.2) is 27.6 Å². The van der Waals surface area contributed by atoms with Crippen molar-refractivity contribution in [1.29, 1.82) is 0 Å². The number of H-pyrrole nitrogens is 2. The van der Waals surface area contributed by atoms with Crippen molar-refractivity contribution in [3.63, 3.8) is 0 Å². The number of rotatable bonds is 4. The van der Waals surface area contributed by atoms with E-state index in [4.69, 9.17) is 0 Å². The van der Waals surface area contributed by atoms with Gasteiger partial charge >= 0.3 is 6.18 Å². The van der Waals surface area contributed by atoms with Crippen molar-refractivity contribution in [3.8, 4) is 0 Å². The fraction of sp³-hybridized carbons (Fsp3) is 0.231. The van der Waals surface area contributed by atoms with Crippen molar-refractivity contribution in [3.05, 3.63) is 56.2 Å². The number of benzene rings is 1. The van der Waals surface area contributed by atoms with E-state index >= 15 is 0 Å². The number of nitrogens with one attached hydrogen (secondary N) is 3. The molecule has 0 fully saturated rings. The van der Waals surface area contributed by atoms with Gasteiger partial charge < -0.3 is 5.32 Å². The maximum absolute atomic E-state index is 12.8. The van der Waals surface area contributed by atoms with Gasteiger partial charge in [-0.15, -0.1) is 0 Å². The van der Waals surface area contributed by atoms with Crippen LogP contribution in [0, 0.1) is 4.77 Å². The topological polar surface area (TPSA) is 90.6 Å². The maximum Gasteiger partial charge on any atom is 0.416 e. The zero-order chi connectivity index (χ0) is 17.0. The molecule has 0 saturated heterocycles. The number of halogens is 3. The number of carbonyl (C=O) groups is 1. The summed E-state index contributed by atoms with van der Waals surface area (Å²) in [6.45, 7) is -0.0807. The van der Waals surface area contributed by atoms with Crippen molar-refractivity contribution in [2.45, 2.75) is 12.6 Å². The molecule has 2 aromatic rings. The number of hydrogen-bond donors (Lipinski definition) is 3. The first kappa shape index (κ1) is 16.9. The molecule has 2 rings (SSSR count). The SMILES string of the molecule is O=C(NCCc1ccccc1C(F)(F)F)c1n[nH]c(=S)[nH]c1=O. The van der Waals surface area contributed by atoms with Crippen molar-refractivity contribution < 1.29 is 18.0 Å². The van der Waals surface area contributed by atoms with Gasteiger partial charge in [0.1, 0.15) is 0 Å². The lowest BCUT2D eigenvalue weighted by Gasteiger charge is -2.12. The van der Waals surface area contributed by atoms with Gasteiger partial charge in [0.25, 0.3) is 11.5 Å². The largest absolute Gasteiger partial charge is 0.416 e. The lowest BCUT2D eigenvalue weighted by molar-refractivity contribution is -0.138. The second-order valence-corrected chi connectivity index (χ2v) is 4.92. The molecule has 0 aliphatic heterocycles. The number of nitrogens with zero attached hydrogens (tertiary/aromatic N) is 1. The maximum atomic E-state index is 12.8.